The molecule has 0 saturated heterocycles. The summed E-state index contributed by atoms with van der Waals surface area (Å²) >= 11 is 1.56. The van der Waals surface area contributed by atoms with E-state index in [1.165, 1.54) is 5.57 Å². The summed E-state index contributed by atoms with van der Waals surface area (Å²) in [6, 6.07) is 0. The van der Waals surface area contributed by atoms with Gasteiger partial charge < -0.3 is 0 Å². The van der Waals surface area contributed by atoms with Crippen LogP contribution >= 0.6 is 11.8 Å². The van der Waals surface area contributed by atoms with Crippen molar-refractivity contribution < 1.29 is 4.79 Å². The molecule has 0 N–H and O–H groups in total. The van der Waals surface area contributed by atoms with Crippen molar-refractivity contribution in [1.82, 2.24) is 0 Å². The molecule has 1 aliphatic heterocycles. The lowest BCUT2D eigenvalue weighted by Gasteiger charge is -2.20. The Labute approximate surface area is 89.9 Å². The minimum atomic E-state index is 0.00306. The van der Waals surface area contributed by atoms with Gasteiger partial charge in [-0.3, -0.25) is 4.79 Å². The molecule has 3 heteroatoms. The summed E-state index contributed by atoms with van der Waals surface area (Å²) in [5, 5.41) is 0.898. The molecule has 0 aromatic carbocycles. The Morgan fingerprint density at radius 3 is 2.64 bits per heavy atom. The minimum Gasteiger partial charge on any atom is -0.272 e. The molecule has 1 unspecified atom stereocenters. The number of amides is 1. The van der Waals surface area contributed by atoms with E-state index in [0.717, 1.165) is 11.5 Å². The molecule has 14 heavy (non-hydrogen) atoms. The molecule has 0 spiro atoms. The first-order chi connectivity index (χ1) is 6.60. The fraction of sp³-hybridized carbons (Fsp3) is 0.636. The van der Waals surface area contributed by atoms with Crippen molar-refractivity contribution in [3.8, 4) is 0 Å². The van der Waals surface area contributed by atoms with E-state index in [9.17, 15) is 4.79 Å². The van der Waals surface area contributed by atoms with Crippen molar-refractivity contribution >= 4 is 22.7 Å². The molecule has 0 bridgehead atoms. The van der Waals surface area contributed by atoms with Crippen LogP contribution in [-0.4, -0.2) is 17.2 Å². The van der Waals surface area contributed by atoms with Gasteiger partial charge in [0.1, 0.15) is 5.04 Å². The Hall–Kier alpha value is -0.570. The van der Waals surface area contributed by atoms with Crippen LogP contribution in [0.4, 0.5) is 0 Å². The normalized spacial score (nSPS) is 22.4. The van der Waals surface area contributed by atoms with Crippen molar-refractivity contribution in [2.75, 3.05) is 6.26 Å². The average molecular weight is 211 g/mol. The van der Waals surface area contributed by atoms with Gasteiger partial charge in [-0.1, -0.05) is 26.8 Å². The number of hydrogen-bond acceptors (Lipinski definition) is 2. The van der Waals surface area contributed by atoms with E-state index < -0.39 is 0 Å². The highest BCUT2D eigenvalue weighted by atomic mass is 32.2. The Bertz CT molecular complexity index is 292. The molecule has 0 aromatic rings. The molecular formula is C11H17NOS. The molecule has 2 nitrogen and oxygen atoms in total. The van der Waals surface area contributed by atoms with Crippen LogP contribution in [0.1, 0.15) is 27.2 Å². The smallest absolute Gasteiger partial charge is 0.253 e. The van der Waals surface area contributed by atoms with Crippen LogP contribution in [0.3, 0.4) is 0 Å². The number of aliphatic imine (C=N–C) groups is 1. The third-order valence-corrected chi connectivity index (χ3v) is 3.13. The maximum atomic E-state index is 11.5. The number of carbonyl (C=O) groups is 1. The van der Waals surface area contributed by atoms with Crippen LogP contribution in [0.5, 0.6) is 0 Å². The SMILES string of the molecule is CCC1C=C(C(C)C)C(SC)=NC1=O. The molecule has 0 aliphatic carbocycles. The largest absolute Gasteiger partial charge is 0.272 e. The molecule has 1 heterocycles. The molecule has 1 amide bonds. The molecule has 1 atom stereocenters. The second kappa shape index (κ2) is 4.78. The Morgan fingerprint density at radius 2 is 2.21 bits per heavy atom. The highest BCUT2D eigenvalue weighted by molar-refractivity contribution is 8.13. The third kappa shape index (κ3) is 2.27. The minimum absolute atomic E-state index is 0.00306. The van der Waals surface area contributed by atoms with Gasteiger partial charge in [-0.25, -0.2) is 4.99 Å². The second-order valence-corrected chi connectivity index (χ2v) is 4.55. The summed E-state index contributed by atoms with van der Waals surface area (Å²) in [5.41, 5.74) is 1.23. The number of thioether (sulfide) groups is 1. The van der Waals surface area contributed by atoms with Gasteiger partial charge in [0, 0.05) is 0 Å². The zero-order valence-electron chi connectivity index (χ0n) is 9.20. The lowest BCUT2D eigenvalue weighted by atomic mass is 9.94. The van der Waals surface area contributed by atoms with Gasteiger partial charge in [0.2, 0.25) is 0 Å². The lowest BCUT2D eigenvalue weighted by molar-refractivity contribution is -0.120. The highest BCUT2D eigenvalue weighted by Gasteiger charge is 2.23. The predicted octanol–water partition coefficient (Wildman–Crippen LogP) is 2.90. The summed E-state index contributed by atoms with van der Waals surface area (Å²) in [6.07, 6.45) is 4.90. The third-order valence-electron chi connectivity index (χ3n) is 2.41. The molecule has 78 valence electrons. The van der Waals surface area contributed by atoms with Crippen LogP contribution in [0, 0.1) is 11.8 Å². The lowest BCUT2D eigenvalue weighted by Crippen LogP contribution is -2.20. The molecule has 1 aliphatic rings. The van der Waals surface area contributed by atoms with Crippen molar-refractivity contribution in [2.45, 2.75) is 27.2 Å². The standard InChI is InChI=1S/C11H17NOS/c1-5-8-6-9(7(2)3)11(14-4)12-10(8)13/h6-8H,5H2,1-4H3. The zero-order valence-corrected chi connectivity index (χ0v) is 10.0. The average Bonchev–Trinajstić information content (AvgIpc) is 2.16. The first kappa shape index (κ1) is 11.5. The molecule has 1 rings (SSSR count). The first-order valence-electron chi connectivity index (χ1n) is 4.98. The van der Waals surface area contributed by atoms with E-state index in [-0.39, 0.29) is 11.8 Å². The number of hydrogen-bond donors (Lipinski definition) is 0. The van der Waals surface area contributed by atoms with Gasteiger partial charge in [-0.15, -0.1) is 11.8 Å². The monoisotopic (exact) mass is 211 g/mol. The van der Waals surface area contributed by atoms with E-state index >= 15 is 0 Å². The van der Waals surface area contributed by atoms with Crippen molar-refractivity contribution in [2.24, 2.45) is 16.8 Å². The van der Waals surface area contributed by atoms with Gasteiger partial charge in [0.05, 0.1) is 5.92 Å². The predicted molar refractivity (Wildman–Crippen MR) is 62.7 cm³/mol. The van der Waals surface area contributed by atoms with Gasteiger partial charge in [0.25, 0.3) is 5.91 Å². The number of dihydropyridines is 1. The molecule has 0 aromatic heterocycles. The molecule has 0 saturated carbocycles. The summed E-state index contributed by atoms with van der Waals surface area (Å²) in [4.78, 5) is 15.6. The van der Waals surface area contributed by atoms with Crippen LogP contribution < -0.4 is 0 Å². The van der Waals surface area contributed by atoms with Crippen LogP contribution in [0.2, 0.25) is 0 Å². The zero-order chi connectivity index (χ0) is 10.7. The summed E-state index contributed by atoms with van der Waals surface area (Å²) in [5.74, 6) is 0.466. The van der Waals surface area contributed by atoms with Crippen LogP contribution in [0.15, 0.2) is 16.6 Å². The summed E-state index contributed by atoms with van der Waals surface area (Å²) in [6.45, 7) is 6.30. The van der Waals surface area contributed by atoms with E-state index in [1.807, 2.05) is 13.2 Å². The Balaban J connectivity index is 2.99. The number of rotatable bonds is 2. The first-order valence-corrected chi connectivity index (χ1v) is 6.21. The van der Waals surface area contributed by atoms with Crippen LogP contribution in [0.25, 0.3) is 0 Å². The van der Waals surface area contributed by atoms with Gasteiger partial charge in [0.15, 0.2) is 0 Å². The molecule has 0 fully saturated rings. The topological polar surface area (TPSA) is 29.4 Å². The Kier molecular flexibility index (Phi) is 3.93. The maximum Gasteiger partial charge on any atom is 0.253 e. The van der Waals surface area contributed by atoms with Crippen LogP contribution in [-0.2, 0) is 4.79 Å². The fourth-order valence-electron chi connectivity index (χ4n) is 1.50. The van der Waals surface area contributed by atoms with E-state index in [1.54, 1.807) is 11.8 Å². The van der Waals surface area contributed by atoms with E-state index in [0.29, 0.717) is 5.92 Å². The van der Waals surface area contributed by atoms with Gasteiger partial charge >= 0.3 is 0 Å². The summed E-state index contributed by atoms with van der Waals surface area (Å²) < 4.78 is 0. The second-order valence-electron chi connectivity index (χ2n) is 3.75. The Morgan fingerprint density at radius 1 is 1.57 bits per heavy atom. The van der Waals surface area contributed by atoms with Crippen molar-refractivity contribution in [3.63, 3.8) is 0 Å². The van der Waals surface area contributed by atoms with Crippen molar-refractivity contribution in [1.29, 1.82) is 0 Å². The quantitative estimate of drug-likeness (QED) is 0.703. The molecular weight excluding hydrogens is 194 g/mol. The van der Waals surface area contributed by atoms with Gasteiger partial charge in [-0.2, -0.15) is 0 Å². The highest BCUT2D eigenvalue weighted by Crippen LogP contribution is 2.26. The maximum absolute atomic E-state index is 11.5. The van der Waals surface area contributed by atoms with E-state index in [4.69, 9.17) is 0 Å². The fourth-order valence-corrected chi connectivity index (χ4v) is 2.22. The van der Waals surface area contributed by atoms with Gasteiger partial charge in [-0.05, 0) is 24.2 Å². The van der Waals surface area contributed by atoms with E-state index in [2.05, 4.69) is 24.9 Å². The van der Waals surface area contributed by atoms with Crippen molar-refractivity contribution in [3.05, 3.63) is 11.6 Å². The summed E-state index contributed by atoms with van der Waals surface area (Å²) in [7, 11) is 0. The molecule has 0 radical (unpaired) electrons. The number of carbonyl (C=O) groups excluding carboxylic acids is 1. The number of nitrogens with zero attached hydrogens (tertiary/aromatic N) is 1.